The zero-order valence-electron chi connectivity index (χ0n) is 22.1. The summed E-state index contributed by atoms with van der Waals surface area (Å²) in [5.74, 6) is 0.435. The van der Waals surface area contributed by atoms with Gasteiger partial charge in [-0.2, -0.15) is 0 Å². The zero-order chi connectivity index (χ0) is 27.2. The number of nitrogens with zero attached hydrogens (tertiary/aromatic N) is 2. The Morgan fingerprint density at radius 2 is 1.69 bits per heavy atom. The largest absolute Gasteiger partial charge is 0.460 e. The Labute approximate surface area is 232 Å². The first-order chi connectivity index (χ1) is 19.0. The van der Waals surface area contributed by atoms with Gasteiger partial charge in [0.2, 0.25) is 0 Å². The zero-order valence-corrected chi connectivity index (χ0v) is 22.9. The molecular formula is C31H31N3O4S. The molecule has 3 aromatic carbocycles. The second-order valence-electron chi connectivity index (χ2n) is 9.34. The summed E-state index contributed by atoms with van der Waals surface area (Å²) in [5.41, 5.74) is 5.56. The lowest BCUT2D eigenvalue weighted by Gasteiger charge is -2.40. The summed E-state index contributed by atoms with van der Waals surface area (Å²) in [6, 6.07) is 25.0. The number of hydrogen-bond acceptors (Lipinski definition) is 7. The molecule has 1 unspecified atom stereocenters. The molecule has 2 heterocycles. The summed E-state index contributed by atoms with van der Waals surface area (Å²) in [6.07, 6.45) is 1.00. The van der Waals surface area contributed by atoms with E-state index in [4.69, 9.17) is 14.5 Å². The summed E-state index contributed by atoms with van der Waals surface area (Å²) in [5, 5.41) is 3.91. The van der Waals surface area contributed by atoms with Crippen molar-refractivity contribution in [1.82, 2.24) is 4.90 Å². The van der Waals surface area contributed by atoms with Gasteiger partial charge in [0, 0.05) is 30.7 Å². The van der Waals surface area contributed by atoms with E-state index in [1.807, 2.05) is 85.8 Å². The van der Waals surface area contributed by atoms with Crippen LogP contribution in [0.1, 0.15) is 35.3 Å². The normalized spacial score (nSPS) is 16.8. The lowest BCUT2D eigenvalue weighted by atomic mass is 9.94. The van der Waals surface area contributed by atoms with E-state index in [1.54, 1.807) is 18.9 Å². The molecule has 5 rings (SSSR count). The fraction of sp³-hybridized carbons (Fsp3) is 0.258. The molecule has 0 spiro atoms. The SMILES string of the molecule is COCCOC(=O)C1=C(C)N=C2SCCCN2C1c1ccc(NC(=O)c2ccc(-c3ccccc3)cc2)cc1. The molecule has 2 aliphatic heterocycles. The maximum absolute atomic E-state index is 13.1. The highest BCUT2D eigenvalue weighted by molar-refractivity contribution is 8.13. The highest BCUT2D eigenvalue weighted by Crippen LogP contribution is 2.40. The third-order valence-corrected chi connectivity index (χ3v) is 7.81. The average molecular weight is 542 g/mol. The van der Waals surface area contributed by atoms with Crippen LogP contribution < -0.4 is 5.32 Å². The number of amides is 1. The van der Waals surface area contributed by atoms with Crippen LogP contribution in [0.4, 0.5) is 5.69 Å². The minimum absolute atomic E-state index is 0.181. The highest BCUT2D eigenvalue weighted by Gasteiger charge is 2.37. The summed E-state index contributed by atoms with van der Waals surface area (Å²) < 4.78 is 10.5. The number of esters is 1. The molecule has 1 amide bonds. The lowest BCUT2D eigenvalue weighted by molar-refractivity contribution is -0.141. The van der Waals surface area contributed by atoms with Crippen LogP contribution in [0.15, 0.2) is 95.1 Å². The maximum Gasteiger partial charge on any atom is 0.338 e. The number of allylic oxidation sites excluding steroid dienone is 1. The maximum atomic E-state index is 13.1. The molecule has 0 aromatic heterocycles. The van der Waals surface area contributed by atoms with Gasteiger partial charge in [0.05, 0.1) is 23.9 Å². The van der Waals surface area contributed by atoms with E-state index in [-0.39, 0.29) is 24.5 Å². The molecule has 7 nitrogen and oxygen atoms in total. The van der Waals surface area contributed by atoms with Gasteiger partial charge in [0.15, 0.2) is 5.17 Å². The number of benzene rings is 3. The predicted molar refractivity (Wildman–Crippen MR) is 156 cm³/mol. The van der Waals surface area contributed by atoms with Crippen LogP contribution in [0.25, 0.3) is 11.1 Å². The summed E-state index contributed by atoms with van der Waals surface area (Å²) in [7, 11) is 1.57. The molecule has 0 saturated carbocycles. The summed E-state index contributed by atoms with van der Waals surface area (Å²) >= 11 is 1.71. The Balaban J connectivity index is 1.33. The lowest BCUT2D eigenvalue weighted by Crippen LogP contribution is -2.42. The number of methoxy groups -OCH3 is 1. The first-order valence-corrected chi connectivity index (χ1v) is 14.0. The standard InChI is InChI=1S/C31H31N3O4S/c1-21-27(30(36)38-19-18-37-2)28(34-17-6-20-39-31(34)32-21)24-13-15-26(16-14-24)33-29(35)25-11-9-23(10-12-25)22-7-4-3-5-8-22/h3-5,7-16,28H,6,17-20H2,1-2H3,(H,33,35). The number of anilines is 1. The van der Waals surface area contributed by atoms with Gasteiger partial charge in [-0.05, 0) is 54.3 Å². The minimum atomic E-state index is -0.385. The van der Waals surface area contributed by atoms with E-state index in [2.05, 4.69) is 10.2 Å². The van der Waals surface area contributed by atoms with Crippen molar-refractivity contribution in [3.8, 4) is 11.1 Å². The third kappa shape index (κ3) is 6.08. The number of fused-ring (bicyclic) bond motifs is 1. The molecule has 1 N–H and O–H groups in total. The van der Waals surface area contributed by atoms with Crippen molar-refractivity contribution in [2.75, 3.05) is 37.9 Å². The van der Waals surface area contributed by atoms with Crippen molar-refractivity contribution in [2.45, 2.75) is 19.4 Å². The average Bonchev–Trinajstić information content (AvgIpc) is 2.97. The first-order valence-electron chi connectivity index (χ1n) is 13.0. The van der Waals surface area contributed by atoms with Gasteiger partial charge in [-0.3, -0.25) is 4.79 Å². The fourth-order valence-electron chi connectivity index (χ4n) is 4.77. The van der Waals surface area contributed by atoms with Crippen molar-refractivity contribution in [3.05, 3.63) is 101 Å². The second kappa shape index (κ2) is 12.3. The van der Waals surface area contributed by atoms with Crippen LogP contribution >= 0.6 is 11.8 Å². The second-order valence-corrected chi connectivity index (χ2v) is 10.4. The molecule has 2 aliphatic rings. The van der Waals surface area contributed by atoms with Crippen LogP contribution in [0.3, 0.4) is 0 Å². The Morgan fingerprint density at radius 3 is 2.41 bits per heavy atom. The Kier molecular flexibility index (Phi) is 8.44. The van der Waals surface area contributed by atoms with Crippen molar-refractivity contribution in [3.63, 3.8) is 0 Å². The first kappa shape index (κ1) is 26.7. The van der Waals surface area contributed by atoms with E-state index in [9.17, 15) is 9.59 Å². The topological polar surface area (TPSA) is 80.2 Å². The van der Waals surface area contributed by atoms with Crippen molar-refractivity contribution < 1.29 is 19.1 Å². The Bertz CT molecular complexity index is 1390. The number of hydrogen-bond donors (Lipinski definition) is 1. The molecule has 0 aliphatic carbocycles. The molecule has 3 aromatic rings. The smallest absolute Gasteiger partial charge is 0.338 e. The number of amidine groups is 1. The van der Waals surface area contributed by atoms with E-state index < -0.39 is 0 Å². The Morgan fingerprint density at radius 1 is 0.974 bits per heavy atom. The Hall–Kier alpha value is -3.88. The van der Waals surface area contributed by atoms with Crippen LogP contribution in [0.2, 0.25) is 0 Å². The van der Waals surface area contributed by atoms with Crippen LogP contribution in [0.5, 0.6) is 0 Å². The molecular weight excluding hydrogens is 510 g/mol. The van der Waals surface area contributed by atoms with Gasteiger partial charge in [-0.25, -0.2) is 9.79 Å². The molecule has 0 bridgehead atoms. The molecule has 39 heavy (non-hydrogen) atoms. The van der Waals surface area contributed by atoms with E-state index in [0.717, 1.165) is 40.6 Å². The number of thioether (sulfide) groups is 1. The molecule has 8 heteroatoms. The monoisotopic (exact) mass is 541 g/mol. The van der Waals surface area contributed by atoms with Gasteiger partial charge in [-0.1, -0.05) is 66.4 Å². The quantitative estimate of drug-likeness (QED) is 0.282. The van der Waals surface area contributed by atoms with Gasteiger partial charge in [0.25, 0.3) is 5.91 Å². The number of carbonyl (C=O) groups excluding carboxylic acids is 2. The number of aliphatic imine (C=N–C) groups is 1. The minimum Gasteiger partial charge on any atom is -0.460 e. The van der Waals surface area contributed by atoms with E-state index >= 15 is 0 Å². The third-order valence-electron chi connectivity index (χ3n) is 6.74. The van der Waals surface area contributed by atoms with Crippen molar-refractivity contribution >= 4 is 34.5 Å². The molecule has 0 radical (unpaired) electrons. The van der Waals surface area contributed by atoms with Crippen LogP contribution in [-0.2, 0) is 14.3 Å². The number of rotatable bonds is 8. The van der Waals surface area contributed by atoms with Gasteiger partial charge < -0.3 is 19.7 Å². The summed E-state index contributed by atoms with van der Waals surface area (Å²) in [4.78, 5) is 33.0. The van der Waals surface area contributed by atoms with Crippen molar-refractivity contribution in [1.29, 1.82) is 0 Å². The van der Waals surface area contributed by atoms with Gasteiger partial charge in [-0.15, -0.1) is 0 Å². The van der Waals surface area contributed by atoms with Gasteiger partial charge >= 0.3 is 5.97 Å². The summed E-state index contributed by atoms with van der Waals surface area (Å²) in [6.45, 7) is 3.18. The molecule has 1 fully saturated rings. The van der Waals surface area contributed by atoms with Gasteiger partial charge in [0.1, 0.15) is 6.61 Å². The molecule has 200 valence electrons. The van der Waals surface area contributed by atoms with Crippen molar-refractivity contribution in [2.24, 2.45) is 4.99 Å². The van der Waals surface area contributed by atoms with Crippen LogP contribution in [0, 0.1) is 0 Å². The highest BCUT2D eigenvalue weighted by atomic mass is 32.2. The number of ether oxygens (including phenoxy) is 2. The number of nitrogens with one attached hydrogen (secondary N) is 1. The fourth-order valence-corrected chi connectivity index (χ4v) is 5.79. The molecule has 1 saturated heterocycles. The predicted octanol–water partition coefficient (Wildman–Crippen LogP) is 5.92. The van der Waals surface area contributed by atoms with Crippen LogP contribution in [-0.4, -0.2) is 54.6 Å². The number of carbonyl (C=O) groups is 2. The van der Waals surface area contributed by atoms with E-state index in [1.165, 1.54) is 0 Å². The molecule has 1 atom stereocenters. The van der Waals surface area contributed by atoms with E-state index in [0.29, 0.717) is 29.1 Å².